The molecule has 2 N–H and O–H groups in total. The Labute approximate surface area is 336 Å². The topological polar surface area (TPSA) is 49.7 Å². The summed E-state index contributed by atoms with van der Waals surface area (Å²) < 4.78 is 6.60. The van der Waals surface area contributed by atoms with Gasteiger partial charge in [-0.1, -0.05) is 205 Å². The second kappa shape index (κ2) is 22.1. The van der Waals surface area contributed by atoms with Gasteiger partial charge >= 0.3 is 0 Å². The molecule has 55 heavy (non-hydrogen) atoms. The molecule has 0 atom stereocenters. The second-order valence-electron chi connectivity index (χ2n) is 17.3. The maximum absolute atomic E-state index is 12.5. The third-order valence-electron chi connectivity index (χ3n) is 12.3. The lowest BCUT2D eigenvalue weighted by molar-refractivity contribution is 0.304. The zero-order chi connectivity index (χ0) is 39.7. The van der Waals surface area contributed by atoms with E-state index in [1.54, 1.807) is 0 Å². The Balaban J connectivity index is 1.56. The smallest absolute Gasteiger partial charge is 0.127 e. The van der Waals surface area contributed by atoms with Gasteiger partial charge in [-0.05, 0) is 70.5 Å². The van der Waals surface area contributed by atoms with E-state index in [1.807, 2.05) is 18.2 Å². The van der Waals surface area contributed by atoms with E-state index < -0.39 is 5.41 Å². The molecule has 0 aliphatic heterocycles. The van der Waals surface area contributed by atoms with Gasteiger partial charge in [-0.2, -0.15) is 0 Å². The first kappa shape index (κ1) is 44.0. The maximum Gasteiger partial charge on any atom is 0.127 e. The molecule has 0 bridgehead atoms. The van der Waals surface area contributed by atoms with Crippen molar-refractivity contribution in [1.82, 2.24) is 0 Å². The lowest BCUT2D eigenvalue weighted by Crippen LogP contribution is -2.21. The van der Waals surface area contributed by atoms with Gasteiger partial charge in [0.2, 0.25) is 0 Å². The quantitative estimate of drug-likeness (QED) is 0.0524. The first-order valence-electron chi connectivity index (χ1n) is 22.1. The Morgan fingerprint density at radius 1 is 0.491 bits per heavy atom. The summed E-state index contributed by atoms with van der Waals surface area (Å²) in [6, 6.07) is 27.0. The number of unbranched alkanes of at least 4 members (excludes halogenated alkanes) is 15. The van der Waals surface area contributed by atoms with Gasteiger partial charge in [-0.15, -0.1) is 0 Å². The largest absolute Gasteiger partial charge is 0.508 e. The average Bonchev–Trinajstić information content (AvgIpc) is 3.19. The Hall–Kier alpha value is -3.72. The van der Waals surface area contributed by atoms with Gasteiger partial charge in [0.05, 0.1) is 6.61 Å². The number of rotatable bonds is 25. The molecule has 3 nitrogen and oxygen atoms in total. The third kappa shape index (κ3) is 12.4. The maximum atomic E-state index is 12.5. The first-order valence-corrected chi connectivity index (χ1v) is 22.1. The monoisotopic (exact) mass is 747 g/mol. The van der Waals surface area contributed by atoms with Crippen molar-refractivity contribution in [3.63, 3.8) is 0 Å². The highest BCUT2D eigenvalue weighted by atomic mass is 16.5. The average molecular weight is 747 g/mol. The minimum absolute atomic E-state index is 0.234. The molecular weight excluding hydrogens is 673 g/mol. The van der Waals surface area contributed by atoms with Crippen LogP contribution in [0.15, 0.2) is 78.9 Å². The van der Waals surface area contributed by atoms with Crippen molar-refractivity contribution < 1.29 is 14.9 Å². The fraction of sp³-hybridized carbons (Fsp3) is 0.538. The van der Waals surface area contributed by atoms with Gasteiger partial charge in [-0.25, -0.2) is 0 Å². The van der Waals surface area contributed by atoms with Gasteiger partial charge in [0, 0.05) is 22.3 Å². The molecule has 4 aromatic rings. The zero-order valence-electron chi connectivity index (χ0n) is 35.7. The van der Waals surface area contributed by atoms with Crippen LogP contribution >= 0.6 is 0 Å². The van der Waals surface area contributed by atoms with Crippen LogP contribution in [-0.2, 0) is 10.8 Å². The number of benzene rings is 4. The fourth-order valence-electron chi connectivity index (χ4n) is 7.97. The molecule has 0 aliphatic carbocycles. The number of ether oxygens (including phenoxy) is 1. The highest BCUT2D eigenvalue weighted by Crippen LogP contribution is 2.55. The summed E-state index contributed by atoms with van der Waals surface area (Å²) in [7, 11) is 0. The third-order valence-corrected chi connectivity index (χ3v) is 12.3. The van der Waals surface area contributed by atoms with Crippen LogP contribution in [0.4, 0.5) is 0 Å². The van der Waals surface area contributed by atoms with E-state index in [-0.39, 0.29) is 16.9 Å². The zero-order valence-corrected chi connectivity index (χ0v) is 35.7. The van der Waals surface area contributed by atoms with Crippen LogP contribution in [0.25, 0.3) is 33.4 Å². The first-order chi connectivity index (χ1) is 26.6. The molecule has 0 aliphatic rings. The lowest BCUT2D eigenvalue weighted by Gasteiger charge is -2.33. The van der Waals surface area contributed by atoms with E-state index >= 15 is 0 Å². The number of hydrogen-bond acceptors (Lipinski definition) is 3. The van der Waals surface area contributed by atoms with Crippen LogP contribution in [0.5, 0.6) is 17.2 Å². The molecule has 0 heterocycles. The number of hydrogen-bond donors (Lipinski definition) is 2. The molecule has 4 rings (SSSR count). The van der Waals surface area contributed by atoms with Crippen molar-refractivity contribution in [2.75, 3.05) is 6.61 Å². The van der Waals surface area contributed by atoms with E-state index in [1.165, 1.54) is 96.3 Å². The Morgan fingerprint density at radius 2 is 0.909 bits per heavy atom. The molecule has 0 radical (unpaired) electrons. The number of phenols is 2. The summed E-state index contributed by atoms with van der Waals surface area (Å²) in [5, 5.41) is 24.4. The number of aromatic hydroxyl groups is 2. The lowest BCUT2D eigenvalue weighted by atomic mass is 9.71. The summed E-state index contributed by atoms with van der Waals surface area (Å²) in [5.74, 6) is 1.31. The molecule has 300 valence electrons. The van der Waals surface area contributed by atoms with Gasteiger partial charge in [-0.3, -0.25) is 0 Å². The summed E-state index contributed by atoms with van der Waals surface area (Å²) in [4.78, 5) is 0. The van der Waals surface area contributed by atoms with Gasteiger partial charge in [0.25, 0.3) is 0 Å². The van der Waals surface area contributed by atoms with Crippen LogP contribution < -0.4 is 4.74 Å². The molecule has 0 saturated carbocycles. The molecule has 0 unspecified atom stereocenters. The van der Waals surface area contributed by atoms with Crippen molar-refractivity contribution in [2.24, 2.45) is 0 Å². The predicted molar refractivity (Wildman–Crippen MR) is 238 cm³/mol. The molecular formula is C52H74O3. The summed E-state index contributed by atoms with van der Waals surface area (Å²) >= 11 is 0. The van der Waals surface area contributed by atoms with E-state index in [0.717, 1.165) is 64.0 Å². The second-order valence-corrected chi connectivity index (χ2v) is 17.3. The van der Waals surface area contributed by atoms with Crippen LogP contribution in [0.2, 0.25) is 0 Å². The molecule has 0 aromatic heterocycles. The van der Waals surface area contributed by atoms with Crippen molar-refractivity contribution in [1.29, 1.82) is 0 Å². The molecule has 0 fully saturated rings. The standard InChI is InChI=1S/C52H74O3/c1-8-11-12-13-14-15-16-17-18-19-20-21-22-23-24-31-36-55-42-37-43(40-32-27-25-28-33-40)47(44(38-42)41-34-29-26-30-35-41)48-49(52(6,7)10-3)46(53)39-45(50(48)54)51(4,5)9-2/h25-30,32-35,37-39,53-54H,8-24,31,36H2,1-7H3. The van der Waals surface area contributed by atoms with Crippen molar-refractivity contribution in [3.05, 3.63) is 90.0 Å². The van der Waals surface area contributed by atoms with E-state index in [0.29, 0.717) is 12.2 Å². The highest BCUT2D eigenvalue weighted by Gasteiger charge is 2.35. The van der Waals surface area contributed by atoms with E-state index in [4.69, 9.17) is 4.74 Å². The normalized spacial score (nSPS) is 12.0. The Morgan fingerprint density at radius 3 is 1.33 bits per heavy atom. The van der Waals surface area contributed by atoms with Crippen molar-refractivity contribution >= 4 is 0 Å². The molecule has 0 spiro atoms. The van der Waals surface area contributed by atoms with Crippen LogP contribution in [0.1, 0.15) is 175 Å². The van der Waals surface area contributed by atoms with E-state index in [2.05, 4.69) is 109 Å². The van der Waals surface area contributed by atoms with E-state index in [9.17, 15) is 10.2 Å². The van der Waals surface area contributed by atoms with Crippen molar-refractivity contribution in [2.45, 2.75) is 175 Å². The van der Waals surface area contributed by atoms with Crippen LogP contribution in [0.3, 0.4) is 0 Å². The fourth-order valence-corrected chi connectivity index (χ4v) is 7.97. The van der Waals surface area contributed by atoms with Crippen molar-refractivity contribution in [3.8, 4) is 50.6 Å². The Kier molecular flexibility index (Phi) is 17.7. The predicted octanol–water partition coefficient (Wildman–Crippen LogP) is 16.1. The Bertz CT molecular complexity index is 1640. The minimum Gasteiger partial charge on any atom is -0.508 e. The van der Waals surface area contributed by atoms with Gasteiger partial charge in [0.1, 0.15) is 17.2 Å². The van der Waals surface area contributed by atoms with Crippen LogP contribution in [0, 0.1) is 0 Å². The van der Waals surface area contributed by atoms with Gasteiger partial charge < -0.3 is 14.9 Å². The molecule has 4 aromatic carbocycles. The molecule has 0 amide bonds. The highest BCUT2D eigenvalue weighted by molar-refractivity contribution is 5.99. The van der Waals surface area contributed by atoms with Gasteiger partial charge in [0.15, 0.2) is 0 Å². The molecule has 3 heteroatoms. The summed E-state index contributed by atoms with van der Waals surface area (Å²) in [5.41, 5.74) is 6.48. The SMILES string of the molecule is CCCCCCCCCCCCCCCCCCOc1cc(-c2ccccc2)c(-c2c(O)c(C(C)(C)CC)cc(O)c2C(C)(C)CC)c(-c2ccccc2)c1. The van der Waals surface area contributed by atoms with Crippen LogP contribution in [-0.4, -0.2) is 16.8 Å². The minimum atomic E-state index is -0.407. The summed E-state index contributed by atoms with van der Waals surface area (Å²) in [6.45, 7) is 15.8. The summed E-state index contributed by atoms with van der Waals surface area (Å²) in [6.07, 6.45) is 23.2. The molecule has 0 saturated heterocycles. The number of phenolic OH excluding ortho intramolecular Hbond substituents is 2.